The Morgan fingerprint density at radius 1 is 1.11 bits per heavy atom. The molecule has 0 aliphatic heterocycles. The fourth-order valence-corrected chi connectivity index (χ4v) is 3.49. The molecule has 2 heteroatoms. The van der Waals surface area contributed by atoms with Gasteiger partial charge in [0.25, 0.3) is 0 Å². The first kappa shape index (κ1) is 16.0. The van der Waals surface area contributed by atoms with Gasteiger partial charge >= 0.3 is 0 Å². The van der Waals surface area contributed by atoms with Gasteiger partial charge < -0.3 is 5.73 Å². The maximum absolute atomic E-state index is 5.91. The number of hydrogen-bond donors (Lipinski definition) is 1. The SMILES string of the molecule is CCCN(CC(C)(C)CN)C1CC(C)CC(C)C1. The quantitative estimate of drug-likeness (QED) is 0.786. The number of rotatable bonds is 6. The van der Waals surface area contributed by atoms with Gasteiger partial charge in [0.2, 0.25) is 0 Å². The molecule has 0 bridgehead atoms. The molecule has 1 fully saturated rings. The first-order valence-electron chi connectivity index (χ1n) is 7.82. The lowest BCUT2D eigenvalue weighted by Crippen LogP contribution is -2.47. The third-order valence-electron chi connectivity index (χ3n) is 4.36. The van der Waals surface area contributed by atoms with Crippen molar-refractivity contribution in [3.8, 4) is 0 Å². The molecule has 0 aromatic heterocycles. The maximum atomic E-state index is 5.91. The van der Waals surface area contributed by atoms with Crippen molar-refractivity contribution in [2.24, 2.45) is 23.0 Å². The van der Waals surface area contributed by atoms with Gasteiger partial charge in [-0.15, -0.1) is 0 Å². The maximum Gasteiger partial charge on any atom is 0.0101 e. The Morgan fingerprint density at radius 2 is 1.67 bits per heavy atom. The summed E-state index contributed by atoms with van der Waals surface area (Å²) in [6.07, 6.45) is 5.42. The van der Waals surface area contributed by atoms with Crippen molar-refractivity contribution in [1.82, 2.24) is 4.90 Å². The second-order valence-corrected chi connectivity index (χ2v) is 7.41. The van der Waals surface area contributed by atoms with Crippen molar-refractivity contribution in [2.45, 2.75) is 66.3 Å². The topological polar surface area (TPSA) is 29.3 Å². The fourth-order valence-electron chi connectivity index (χ4n) is 3.49. The van der Waals surface area contributed by atoms with Crippen LogP contribution in [0.4, 0.5) is 0 Å². The van der Waals surface area contributed by atoms with E-state index < -0.39 is 0 Å². The lowest BCUT2D eigenvalue weighted by atomic mass is 9.79. The molecule has 1 saturated carbocycles. The van der Waals surface area contributed by atoms with Crippen LogP contribution in [0.25, 0.3) is 0 Å². The van der Waals surface area contributed by atoms with Crippen LogP contribution in [0.2, 0.25) is 0 Å². The minimum atomic E-state index is 0.249. The monoisotopic (exact) mass is 254 g/mol. The molecule has 0 saturated heterocycles. The van der Waals surface area contributed by atoms with Gasteiger partial charge in [0.1, 0.15) is 0 Å². The van der Waals surface area contributed by atoms with E-state index in [0.717, 1.165) is 31.0 Å². The lowest BCUT2D eigenvalue weighted by Gasteiger charge is -2.42. The summed E-state index contributed by atoms with van der Waals surface area (Å²) in [7, 11) is 0. The van der Waals surface area contributed by atoms with Crippen molar-refractivity contribution < 1.29 is 0 Å². The van der Waals surface area contributed by atoms with E-state index in [0.29, 0.717) is 0 Å². The number of nitrogens with two attached hydrogens (primary N) is 1. The minimum absolute atomic E-state index is 0.249. The Kier molecular flexibility index (Phi) is 6.13. The molecule has 108 valence electrons. The third-order valence-corrected chi connectivity index (χ3v) is 4.36. The molecule has 0 spiro atoms. The highest BCUT2D eigenvalue weighted by Crippen LogP contribution is 2.32. The highest BCUT2D eigenvalue weighted by molar-refractivity contribution is 4.85. The van der Waals surface area contributed by atoms with Crippen LogP contribution >= 0.6 is 0 Å². The molecule has 1 rings (SSSR count). The van der Waals surface area contributed by atoms with Crippen molar-refractivity contribution in [2.75, 3.05) is 19.6 Å². The summed E-state index contributed by atoms with van der Waals surface area (Å²) in [4.78, 5) is 2.72. The molecule has 2 atom stereocenters. The zero-order valence-electron chi connectivity index (χ0n) is 13.2. The van der Waals surface area contributed by atoms with Gasteiger partial charge in [0.05, 0.1) is 0 Å². The Hall–Kier alpha value is -0.0800. The second kappa shape index (κ2) is 6.91. The highest BCUT2D eigenvalue weighted by atomic mass is 15.2. The van der Waals surface area contributed by atoms with Crippen molar-refractivity contribution in [3.05, 3.63) is 0 Å². The first-order valence-corrected chi connectivity index (χ1v) is 7.82. The summed E-state index contributed by atoms with van der Waals surface area (Å²) in [6, 6.07) is 0.787. The molecule has 2 N–H and O–H groups in total. The van der Waals surface area contributed by atoms with E-state index in [1.165, 1.54) is 32.2 Å². The van der Waals surface area contributed by atoms with Crippen LogP contribution in [-0.2, 0) is 0 Å². The van der Waals surface area contributed by atoms with Crippen LogP contribution in [0.3, 0.4) is 0 Å². The van der Waals surface area contributed by atoms with Crippen LogP contribution in [0.1, 0.15) is 60.3 Å². The van der Waals surface area contributed by atoms with Crippen LogP contribution in [0.15, 0.2) is 0 Å². The normalized spacial score (nSPS) is 29.8. The highest BCUT2D eigenvalue weighted by Gasteiger charge is 2.30. The van der Waals surface area contributed by atoms with Crippen molar-refractivity contribution in [1.29, 1.82) is 0 Å². The molecule has 18 heavy (non-hydrogen) atoms. The lowest BCUT2D eigenvalue weighted by molar-refractivity contribution is 0.0757. The Morgan fingerprint density at radius 3 is 2.11 bits per heavy atom. The van der Waals surface area contributed by atoms with Crippen molar-refractivity contribution >= 4 is 0 Å². The van der Waals surface area contributed by atoms with Gasteiger partial charge in [0, 0.05) is 12.6 Å². The van der Waals surface area contributed by atoms with E-state index in [1.54, 1.807) is 0 Å². The van der Waals surface area contributed by atoms with E-state index in [-0.39, 0.29) is 5.41 Å². The standard InChI is InChI=1S/C16H34N2/c1-6-7-18(12-16(4,5)11-17)15-9-13(2)8-14(3)10-15/h13-15H,6-12,17H2,1-5H3. The summed E-state index contributed by atoms with van der Waals surface area (Å²) >= 11 is 0. The molecular weight excluding hydrogens is 220 g/mol. The van der Waals surface area contributed by atoms with Crippen LogP contribution < -0.4 is 5.73 Å². The predicted octanol–water partition coefficient (Wildman–Crippen LogP) is 3.51. The second-order valence-electron chi connectivity index (χ2n) is 7.41. The molecule has 0 amide bonds. The molecular formula is C16H34N2. The average Bonchev–Trinajstić information content (AvgIpc) is 2.27. The molecule has 2 unspecified atom stereocenters. The van der Waals surface area contributed by atoms with Gasteiger partial charge in [-0.2, -0.15) is 0 Å². The summed E-state index contributed by atoms with van der Waals surface area (Å²) in [5.41, 5.74) is 6.16. The van der Waals surface area contributed by atoms with E-state index >= 15 is 0 Å². The Labute approximate surface area is 114 Å². The van der Waals surface area contributed by atoms with Crippen LogP contribution in [0.5, 0.6) is 0 Å². The van der Waals surface area contributed by atoms with Gasteiger partial charge in [-0.25, -0.2) is 0 Å². The van der Waals surface area contributed by atoms with Gasteiger partial charge in [-0.3, -0.25) is 4.90 Å². The summed E-state index contributed by atoms with van der Waals surface area (Å²) < 4.78 is 0. The molecule has 0 aromatic carbocycles. The van der Waals surface area contributed by atoms with E-state index in [4.69, 9.17) is 5.73 Å². The molecule has 1 aliphatic carbocycles. The van der Waals surface area contributed by atoms with E-state index in [9.17, 15) is 0 Å². The summed E-state index contributed by atoms with van der Waals surface area (Å²) in [5.74, 6) is 1.78. The van der Waals surface area contributed by atoms with Crippen molar-refractivity contribution in [3.63, 3.8) is 0 Å². The summed E-state index contributed by atoms with van der Waals surface area (Å²) in [5, 5.41) is 0. The van der Waals surface area contributed by atoms with Gasteiger partial charge in [-0.05, 0) is 56.0 Å². The van der Waals surface area contributed by atoms with Gasteiger partial charge in [0.15, 0.2) is 0 Å². The number of nitrogens with zero attached hydrogens (tertiary/aromatic N) is 1. The largest absolute Gasteiger partial charge is 0.330 e. The summed E-state index contributed by atoms with van der Waals surface area (Å²) in [6.45, 7) is 14.9. The smallest absolute Gasteiger partial charge is 0.0101 e. The minimum Gasteiger partial charge on any atom is -0.330 e. The van der Waals surface area contributed by atoms with E-state index in [1.807, 2.05) is 0 Å². The Balaban J connectivity index is 2.65. The van der Waals surface area contributed by atoms with E-state index in [2.05, 4.69) is 39.5 Å². The Bertz CT molecular complexity index is 227. The third kappa shape index (κ3) is 4.89. The van der Waals surface area contributed by atoms with Crippen LogP contribution in [-0.4, -0.2) is 30.6 Å². The zero-order chi connectivity index (χ0) is 13.8. The molecule has 0 heterocycles. The number of hydrogen-bond acceptors (Lipinski definition) is 2. The predicted molar refractivity (Wildman–Crippen MR) is 80.7 cm³/mol. The van der Waals surface area contributed by atoms with Gasteiger partial charge in [-0.1, -0.05) is 34.6 Å². The molecule has 0 radical (unpaired) electrons. The first-order chi connectivity index (χ1) is 8.38. The average molecular weight is 254 g/mol. The van der Waals surface area contributed by atoms with Crippen LogP contribution in [0, 0.1) is 17.3 Å². The fraction of sp³-hybridized carbons (Fsp3) is 1.00. The zero-order valence-corrected chi connectivity index (χ0v) is 13.2. The molecule has 2 nitrogen and oxygen atoms in total. The molecule has 0 aromatic rings. The molecule has 1 aliphatic rings.